The maximum atomic E-state index is 13.5. The number of likely N-dealkylation sites (tertiary alicyclic amines) is 1. The highest BCUT2D eigenvalue weighted by molar-refractivity contribution is 6.01. The molecular formula is C34H35F4NO2. The van der Waals surface area contributed by atoms with Gasteiger partial charge in [0.2, 0.25) is 0 Å². The van der Waals surface area contributed by atoms with Crippen LogP contribution in [0.15, 0.2) is 60.7 Å². The fourth-order valence-corrected chi connectivity index (χ4v) is 6.29. The molecule has 1 fully saturated rings. The van der Waals surface area contributed by atoms with Gasteiger partial charge in [-0.2, -0.15) is 13.2 Å². The minimum Gasteiger partial charge on any atom is -0.478 e. The summed E-state index contributed by atoms with van der Waals surface area (Å²) in [5, 5.41) is 9.59. The molecular weight excluding hydrogens is 530 g/mol. The molecule has 0 radical (unpaired) electrons. The smallest absolute Gasteiger partial charge is 0.416 e. The number of carbonyl (C=O) groups is 1. The number of aryl methyl sites for hydroxylation is 2. The van der Waals surface area contributed by atoms with Gasteiger partial charge in [-0.15, -0.1) is 0 Å². The van der Waals surface area contributed by atoms with E-state index in [9.17, 15) is 27.5 Å². The number of benzene rings is 3. The fourth-order valence-electron chi connectivity index (χ4n) is 6.29. The number of rotatable bonds is 9. The Labute approximate surface area is 238 Å². The maximum absolute atomic E-state index is 13.5. The predicted octanol–water partition coefficient (Wildman–Crippen LogP) is 8.10. The Bertz CT molecular complexity index is 1440. The molecule has 1 saturated heterocycles. The van der Waals surface area contributed by atoms with Gasteiger partial charge in [0, 0.05) is 19.6 Å². The van der Waals surface area contributed by atoms with Crippen molar-refractivity contribution in [3.05, 3.63) is 105 Å². The van der Waals surface area contributed by atoms with E-state index in [1.165, 1.54) is 11.6 Å². The second-order valence-corrected chi connectivity index (χ2v) is 11.2. The third-order valence-corrected chi connectivity index (χ3v) is 8.34. The van der Waals surface area contributed by atoms with Gasteiger partial charge in [0.15, 0.2) is 0 Å². The van der Waals surface area contributed by atoms with E-state index in [1.54, 1.807) is 18.2 Å². The summed E-state index contributed by atoms with van der Waals surface area (Å²) in [6.07, 6.45) is -0.318. The first-order valence-electron chi connectivity index (χ1n) is 14.4. The Morgan fingerprint density at radius 2 is 1.71 bits per heavy atom. The number of carboxylic acid groups (broad SMARTS) is 1. The summed E-state index contributed by atoms with van der Waals surface area (Å²) in [5.41, 5.74) is 7.04. The summed E-state index contributed by atoms with van der Waals surface area (Å²) in [4.78, 5) is 14.0. The number of fused-ring (bicyclic) bond motifs is 1. The number of aromatic carboxylic acids is 1. The number of nitrogens with zero attached hydrogens (tertiary/aromatic N) is 1. The van der Waals surface area contributed by atoms with Crippen molar-refractivity contribution in [3.8, 4) is 0 Å². The zero-order chi connectivity index (χ0) is 29.1. The van der Waals surface area contributed by atoms with Crippen molar-refractivity contribution in [1.82, 2.24) is 4.90 Å². The van der Waals surface area contributed by atoms with Crippen molar-refractivity contribution in [1.29, 1.82) is 0 Å². The second kappa shape index (κ2) is 12.2. The summed E-state index contributed by atoms with van der Waals surface area (Å²) >= 11 is 0. The summed E-state index contributed by atoms with van der Waals surface area (Å²) in [6, 6.07) is 17.6. The molecule has 0 bridgehead atoms. The molecule has 0 saturated carbocycles. The molecule has 3 nitrogen and oxygen atoms in total. The van der Waals surface area contributed by atoms with Crippen LogP contribution in [0.5, 0.6) is 0 Å². The molecule has 1 heterocycles. The molecule has 0 atom stereocenters. The minimum absolute atomic E-state index is 0.228. The summed E-state index contributed by atoms with van der Waals surface area (Å²) in [5.74, 6) is -0.440. The normalized spacial score (nSPS) is 16.3. The van der Waals surface area contributed by atoms with Gasteiger partial charge in [0.25, 0.3) is 0 Å². The molecule has 3 aromatic carbocycles. The number of hydrogen-bond acceptors (Lipinski definition) is 2. The maximum Gasteiger partial charge on any atom is 0.416 e. The molecule has 1 aliphatic carbocycles. The van der Waals surface area contributed by atoms with Crippen LogP contribution in [0.1, 0.15) is 75.5 Å². The first-order valence-corrected chi connectivity index (χ1v) is 14.4. The van der Waals surface area contributed by atoms with Crippen LogP contribution in [0, 0.1) is 5.92 Å². The van der Waals surface area contributed by atoms with E-state index < -0.39 is 17.7 Å². The van der Waals surface area contributed by atoms with Crippen molar-refractivity contribution >= 4 is 17.1 Å². The van der Waals surface area contributed by atoms with Crippen molar-refractivity contribution in [3.63, 3.8) is 0 Å². The summed E-state index contributed by atoms with van der Waals surface area (Å²) < 4.78 is 53.1. The van der Waals surface area contributed by atoms with E-state index in [4.69, 9.17) is 0 Å². The highest BCUT2D eigenvalue weighted by atomic mass is 19.4. The van der Waals surface area contributed by atoms with Crippen LogP contribution in [0.4, 0.5) is 17.6 Å². The van der Waals surface area contributed by atoms with Crippen LogP contribution < -0.4 is 0 Å². The van der Waals surface area contributed by atoms with Gasteiger partial charge in [0.1, 0.15) is 0 Å². The van der Waals surface area contributed by atoms with Crippen molar-refractivity contribution in [2.24, 2.45) is 5.92 Å². The van der Waals surface area contributed by atoms with Gasteiger partial charge in [0.05, 0.1) is 17.8 Å². The first-order chi connectivity index (χ1) is 19.7. The predicted molar refractivity (Wildman–Crippen MR) is 154 cm³/mol. The summed E-state index contributed by atoms with van der Waals surface area (Å²) in [7, 11) is 0. The van der Waals surface area contributed by atoms with E-state index in [1.807, 2.05) is 13.0 Å². The zero-order valence-electron chi connectivity index (χ0n) is 23.2. The third-order valence-electron chi connectivity index (χ3n) is 8.34. The molecule has 0 unspecified atom stereocenters. The van der Waals surface area contributed by atoms with E-state index in [-0.39, 0.29) is 12.2 Å². The third kappa shape index (κ3) is 6.40. The molecule has 216 valence electrons. The van der Waals surface area contributed by atoms with Crippen LogP contribution in [-0.2, 0) is 25.4 Å². The largest absolute Gasteiger partial charge is 0.478 e. The van der Waals surface area contributed by atoms with Gasteiger partial charge < -0.3 is 10.0 Å². The Kier molecular flexibility index (Phi) is 8.64. The molecule has 41 heavy (non-hydrogen) atoms. The van der Waals surface area contributed by atoms with Gasteiger partial charge >= 0.3 is 12.1 Å². The number of alkyl halides is 4. The lowest BCUT2D eigenvalue weighted by Crippen LogP contribution is -2.47. The van der Waals surface area contributed by atoms with Gasteiger partial charge in [-0.1, -0.05) is 43.3 Å². The molecule has 0 spiro atoms. The van der Waals surface area contributed by atoms with Crippen molar-refractivity contribution in [2.45, 2.75) is 51.6 Å². The highest BCUT2D eigenvalue weighted by Gasteiger charge is 2.32. The Hall–Kier alpha value is -3.45. The van der Waals surface area contributed by atoms with Crippen LogP contribution in [0.3, 0.4) is 0 Å². The topological polar surface area (TPSA) is 40.5 Å². The molecule has 2 aliphatic rings. The second-order valence-electron chi connectivity index (χ2n) is 11.2. The van der Waals surface area contributed by atoms with Gasteiger partial charge in [-0.25, -0.2) is 4.79 Å². The van der Waals surface area contributed by atoms with Gasteiger partial charge in [-0.05, 0) is 113 Å². The van der Waals surface area contributed by atoms with Crippen molar-refractivity contribution in [2.75, 3.05) is 26.3 Å². The number of allylic oxidation sites excluding steroid dienone is 1. The SMILES string of the molecule is CCc1cc(C(F)(F)F)ccc1C1=C(c2ccc(CC3CN(CCCF)C3)cc2)c2ccc(C(=O)O)cc2CCC1. The van der Waals surface area contributed by atoms with Crippen LogP contribution in [-0.4, -0.2) is 42.3 Å². The highest BCUT2D eigenvalue weighted by Crippen LogP contribution is 2.42. The van der Waals surface area contributed by atoms with Crippen molar-refractivity contribution < 1.29 is 27.5 Å². The lowest BCUT2D eigenvalue weighted by atomic mass is 9.84. The Morgan fingerprint density at radius 3 is 2.37 bits per heavy atom. The molecule has 1 aliphatic heterocycles. The quantitative estimate of drug-likeness (QED) is 0.267. The van der Waals surface area contributed by atoms with Crippen LogP contribution in [0.2, 0.25) is 0 Å². The zero-order valence-corrected chi connectivity index (χ0v) is 23.2. The minimum atomic E-state index is -4.41. The van der Waals surface area contributed by atoms with E-state index >= 15 is 0 Å². The van der Waals surface area contributed by atoms with E-state index in [0.717, 1.165) is 71.9 Å². The lowest BCUT2D eigenvalue weighted by molar-refractivity contribution is -0.137. The Balaban J connectivity index is 1.55. The number of carboxylic acids is 1. The molecule has 5 rings (SSSR count). The molecule has 0 aromatic heterocycles. The van der Waals surface area contributed by atoms with Crippen LogP contribution in [0.25, 0.3) is 11.1 Å². The number of hydrogen-bond donors (Lipinski definition) is 1. The van der Waals surface area contributed by atoms with Crippen LogP contribution >= 0.6 is 0 Å². The molecule has 3 aromatic rings. The van der Waals surface area contributed by atoms with Gasteiger partial charge in [-0.3, -0.25) is 4.39 Å². The summed E-state index contributed by atoms with van der Waals surface area (Å²) in [6.45, 7) is 4.34. The average Bonchev–Trinajstić information content (AvgIpc) is 3.12. The monoisotopic (exact) mass is 565 g/mol. The molecule has 7 heteroatoms. The van der Waals surface area contributed by atoms with E-state index in [2.05, 4.69) is 29.2 Å². The first kappa shape index (κ1) is 29.1. The fraction of sp³-hybridized carbons (Fsp3) is 0.382. The molecule has 1 N–H and O–H groups in total. The average molecular weight is 566 g/mol. The number of halogens is 4. The standard InChI is InChI=1S/C34H35F4NO2/c1-2-24-19-28(34(36,37)38)12-14-29(24)31-6-3-5-26-18-27(33(40)41)11-13-30(26)32(31)25-9-7-22(8-10-25)17-23-20-39(21-23)16-4-15-35/h7-14,18-19,23H,2-6,15-17,20-21H2,1H3,(H,40,41). The lowest BCUT2D eigenvalue weighted by Gasteiger charge is -2.39. The Morgan fingerprint density at radius 1 is 0.976 bits per heavy atom. The molecule has 0 amide bonds. The van der Waals surface area contributed by atoms with E-state index in [0.29, 0.717) is 37.2 Å².